The highest BCUT2D eigenvalue weighted by atomic mass is 16.5. The van der Waals surface area contributed by atoms with Crippen molar-refractivity contribution in [3.05, 3.63) is 53.6 Å². The minimum Gasteiger partial charge on any atom is -0.495 e. The zero-order valence-electron chi connectivity index (χ0n) is 15.0. The van der Waals surface area contributed by atoms with E-state index >= 15 is 0 Å². The van der Waals surface area contributed by atoms with Gasteiger partial charge >= 0.3 is 0 Å². The second-order valence-corrected chi connectivity index (χ2v) is 5.45. The van der Waals surface area contributed by atoms with E-state index in [1.807, 2.05) is 56.3 Å². The van der Waals surface area contributed by atoms with Gasteiger partial charge in [-0.15, -0.1) is 0 Å². The van der Waals surface area contributed by atoms with Crippen LogP contribution in [0.1, 0.15) is 18.1 Å². The highest BCUT2D eigenvalue weighted by molar-refractivity contribution is 5.93. The van der Waals surface area contributed by atoms with Crippen LogP contribution in [0.4, 0.5) is 5.69 Å². The quantitative estimate of drug-likeness (QED) is 0.825. The zero-order valence-corrected chi connectivity index (χ0v) is 15.0. The Bertz CT molecular complexity index is 768. The van der Waals surface area contributed by atoms with Crippen LogP contribution >= 0.6 is 0 Å². The van der Waals surface area contributed by atoms with Crippen LogP contribution in [0.2, 0.25) is 0 Å². The molecule has 0 aliphatic carbocycles. The van der Waals surface area contributed by atoms with Crippen LogP contribution < -0.4 is 19.5 Å². The van der Waals surface area contributed by atoms with E-state index in [1.165, 1.54) is 0 Å². The Kier molecular flexibility index (Phi) is 6.46. The van der Waals surface area contributed by atoms with Gasteiger partial charge < -0.3 is 19.5 Å². The number of nitrogens with one attached hydrogen (secondary N) is 1. The van der Waals surface area contributed by atoms with E-state index in [-0.39, 0.29) is 12.5 Å². The highest BCUT2D eigenvalue weighted by Crippen LogP contribution is 2.29. The van der Waals surface area contributed by atoms with Gasteiger partial charge in [0.15, 0.2) is 18.1 Å². The van der Waals surface area contributed by atoms with Crippen LogP contribution in [0.3, 0.4) is 0 Å². The third kappa shape index (κ3) is 5.01. The van der Waals surface area contributed by atoms with Gasteiger partial charge in [0.2, 0.25) is 0 Å². The van der Waals surface area contributed by atoms with E-state index in [0.717, 1.165) is 11.1 Å². The molecule has 0 bridgehead atoms. The number of methoxy groups -OCH3 is 2. The Hall–Kier alpha value is -2.95. The molecule has 0 spiro atoms. The average molecular weight is 341 g/mol. The normalized spacial score (nSPS) is 10.6. The first-order valence-electron chi connectivity index (χ1n) is 7.95. The first-order chi connectivity index (χ1) is 12.1. The average Bonchev–Trinajstić information content (AvgIpc) is 2.61. The number of carbonyl (C=O) groups is 1. The van der Waals surface area contributed by atoms with Crippen LogP contribution in [0.15, 0.2) is 42.5 Å². The minimum absolute atomic E-state index is 0.129. The minimum atomic E-state index is -0.275. The molecule has 25 heavy (non-hydrogen) atoms. The summed E-state index contributed by atoms with van der Waals surface area (Å²) in [4.78, 5) is 12.2. The van der Waals surface area contributed by atoms with Crippen LogP contribution in [0.5, 0.6) is 17.2 Å². The van der Waals surface area contributed by atoms with E-state index in [1.54, 1.807) is 20.3 Å². The topological polar surface area (TPSA) is 56.8 Å². The fraction of sp³-hybridized carbons (Fsp3) is 0.250. The van der Waals surface area contributed by atoms with E-state index in [9.17, 15) is 4.79 Å². The summed E-state index contributed by atoms with van der Waals surface area (Å²) in [7, 11) is 3.13. The first kappa shape index (κ1) is 18.4. The summed E-state index contributed by atoms with van der Waals surface area (Å²) in [6.45, 7) is 3.76. The molecule has 0 aromatic heterocycles. The third-order valence-corrected chi connectivity index (χ3v) is 3.53. The van der Waals surface area contributed by atoms with E-state index < -0.39 is 0 Å². The molecule has 0 heterocycles. The van der Waals surface area contributed by atoms with Crippen molar-refractivity contribution in [2.75, 3.05) is 26.1 Å². The number of allylic oxidation sites excluding steroid dienone is 1. The lowest BCUT2D eigenvalue weighted by Crippen LogP contribution is -2.20. The molecule has 5 nitrogen and oxygen atoms in total. The number of rotatable bonds is 7. The van der Waals surface area contributed by atoms with Gasteiger partial charge in [0.25, 0.3) is 5.91 Å². The zero-order chi connectivity index (χ0) is 18.2. The van der Waals surface area contributed by atoms with Crippen LogP contribution in [0, 0.1) is 6.92 Å². The third-order valence-electron chi connectivity index (χ3n) is 3.53. The molecule has 5 heteroatoms. The molecule has 0 radical (unpaired) electrons. The fourth-order valence-electron chi connectivity index (χ4n) is 2.35. The maximum Gasteiger partial charge on any atom is 0.262 e. The van der Waals surface area contributed by atoms with Gasteiger partial charge in [0.1, 0.15) is 5.75 Å². The number of amides is 1. The van der Waals surface area contributed by atoms with Gasteiger partial charge in [-0.3, -0.25) is 4.79 Å². The molecule has 0 atom stereocenters. The van der Waals surface area contributed by atoms with Crippen molar-refractivity contribution in [2.45, 2.75) is 13.8 Å². The van der Waals surface area contributed by atoms with Crippen molar-refractivity contribution in [3.8, 4) is 17.2 Å². The number of ether oxygens (including phenoxy) is 3. The Morgan fingerprint density at radius 3 is 2.44 bits per heavy atom. The summed E-state index contributed by atoms with van der Waals surface area (Å²) in [6.07, 6.45) is 3.90. The van der Waals surface area contributed by atoms with Gasteiger partial charge in [0.05, 0.1) is 19.9 Å². The molecule has 1 N–H and O–H groups in total. The summed E-state index contributed by atoms with van der Waals surface area (Å²) >= 11 is 0. The standard InChI is InChI=1S/C20H23NO4/c1-5-6-15-8-10-18(19(12-15)24-4)25-13-20(22)21-16-11-14(2)7-9-17(16)23-3/h5-12H,13H2,1-4H3,(H,21,22). The molecule has 0 aliphatic rings. The Labute approximate surface area is 148 Å². The monoisotopic (exact) mass is 341 g/mol. The van der Waals surface area contributed by atoms with Gasteiger partial charge in [-0.25, -0.2) is 0 Å². The summed E-state index contributed by atoms with van der Waals surface area (Å²) in [5.41, 5.74) is 2.64. The second kappa shape index (κ2) is 8.78. The largest absolute Gasteiger partial charge is 0.495 e. The van der Waals surface area contributed by atoms with Gasteiger partial charge in [-0.05, 0) is 49.2 Å². The molecule has 2 rings (SSSR count). The van der Waals surface area contributed by atoms with Crippen molar-refractivity contribution in [3.63, 3.8) is 0 Å². The van der Waals surface area contributed by atoms with Crippen molar-refractivity contribution in [2.24, 2.45) is 0 Å². The fourth-order valence-corrected chi connectivity index (χ4v) is 2.35. The highest BCUT2D eigenvalue weighted by Gasteiger charge is 2.11. The lowest BCUT2D eigenvalue weighted by molar-refractivity contribution is -0.118. The van der Waals surface area contributed by atoms with Crippen molar-refractivity contribution in [1.29, 1.82) is 0 Å². The predicted molar refractivity (Wildman–Crippen MR) is 99.6 cm³/mol. The smallest absolute Gasteiger partial charge is 0.262 e. The number of hydrogen-bond donors (Lipinski definition) is 1. The maximum atomic E-state index is 12.2. The number of hydrogen-bond acceptors (Lipinski definition) is 4. The Balaban J connectivity index is 2.04. The molecule has 0 aliphatic heterocycles. The van der Waals surface area contributed by atoms with Gasteiger partial charge in [0, 0.05) is 0 Å². The summed E-state index contributed by atoms with van der Waals surface area (Å²) in [6, 6.07) is 11.1. The molecular weight excluding hydrogens is 318 g/mol. The van der Waals surface area contributed by atoms with Gasteiger partial charge in [-0.1, -0.05) is 24.3 Å². The number of aryl methyl sites for hydroxylation is 1. The lowest BCUT2D eigenvalue weighted by Gasteiger charge is -2.13. The molecule has 2 aromatic carbocycles. The summed E-state index contributed by atoms with van der Waals surface area (Å²) in [5.74, 6) is 1.43. The Morgan fingerprint density at radius 2 is 1.76 bits per heavy atom. The summed E-state index contributed by atoms with van der Waals surface area (Å²) in [5, 5.41) is 2.80. The molecule has 0 saturated heterocycles. The van der Waals surface area contributed by atoms with E-state index in [2.05, 4.69) is 5.32 Å². The number of benzene rings is 2. The first-order valence-corrected chi connectivity index (χ1v) is 7.95. The molecule has 0 fully saturated rings. The maximum absolute atomic E-state index is 12.2. The van der Waals surface area contributed by atoms with Crippen LogP contribution in [-0.4, -0.2) is 26.7 Å². The molecule has 132 valence electrons. The molecule has 1 amide bonds. The predicted octanol–water partition coefficient (Wildman–Crippen LogP) is 4.06. The van der Waals surface area contributed by atoms with Crippen molar-refractivity contribution in [1.82, 2.24) is 0 Å². The number of anilines is 1. The van der Waals surface area contributed by atoms with Gasteiger partial charge in [-0.2, -0.15) is 0 Å². The lowest BCUT2D eigenvalue weighted by atomic mass is 10.2. The van der Waals surface area contributed by atoms with E-state index in [0.29, 0.717) is 22.9 Å². The van der Waals surface area contributed by atoms with Crippen molar-refractivity contribution < 1.29 is 19.0 Å². The van der Waals surface area contributed by atoms with Crippen LogP contribution in [0.25, 0.3) is 6.08 Å². The molecule has 2 aromatic rings. The second-order valence-electron chi connectivity index (χ2n) is 5.45. The molecular formula is C20H23NO4. The molecule has 0 saturated carbocycles. The van der Waals surface area contributed by atoms with Crippen molar-refractivity contribution >= 4 is 17.7 Å². The van der Waals surface area contributed by atoms with Crippen LogP contribution in [-0.2, 0) is 4.79 Å². The molecule has 0 unspecified atom stereocenters. The number of carbonyl (C=O) groups excluding carboxylic acids is 1. The van der Waals surface area contributed by atoms with E-state index in [4.69, 9.17) is 14.2 Å². The SMILES string of the molecule is CC=Cc1ccc(OCC(=O)Nc2cc(C)ccc2OC)c(OC)c1. The summed E-state index contributed by atoms with van der Waals surface area (Å²) < 4.78 is 16.2. The Morgan fingerprint density at radius 1 is 1.04 bits per heavy atom.